The summed E-state index contributed by atoms with van der Waals surface area (Å²) in [5, 5.41) is 16.1. The van der Waals surface area contributed by atoms with Crippen LogP contribution in [0, 0.1) is 11.8 Å². The minimum Gasteiger partial charge on any atom is -0.506 e. The van der Waals surface area contributed by atoms with E-state index in [9.17, 15) is 9.90 Å². The number of aromatic hydroxyl groups is 1. The number of carbonyl (C=O) groups excluding carboxylic acids is 1. The fourth-order valence-corrected chi connectivity index (χ4v) is 3.59. The fraction of sp³-hybridized carbons (Fsp3) is 0.562. The van der Waals surface area contributed by atoms with Crippen molar-refractivity contribution in [2.24, 2.45) is 11.8 Å². The maximum atomic E-state index is 12.4. The van der Waals surface area contributed by atoms with Gasteiger partial charge in [-0.2, -0.15) is 0 Å². The van der Waals surface area contributed by atoms with Crippen LogP contribution in [0.15, 0.2) is 18.2 Å². The summed E-state index contributed by atoms with van der Waals surface area (Å²) < 4.78 is 0. The molecule has 1 saturated heterocycles. The van der Waals surface area contributed by atoms with Gasteiger partial charge in [0.05, 0.1) is 11.7 Å². The molecule has 1 aliphatic heterocycles. The number of rotatable bonds is 3. The summed E-state index contributed by atoms with van der Waals surface area (Å²) >= 11 is 0. The number of aryl methyl sites for hydroxylation is 1. The van der Waals surface area contributed by atoms with Crippen molar-refractivity contribution in [1.82, 2.24) is 5.32 Å². The Kier molecular flexibility index (Phi) is 3.66. The quantitative estimate of drug-likeness (QED) is 0.741. The summed E-state index contributed by atoms with van der Waals surface area (Å²) in [5.41, 5.74) is 1.63. The van der Waals surface area contributed by atoms with E-state index >= 15 is 0 Å². The van der Waals surface area contributed by atoms with E-state index in [1.54, 1.807) is 6.07 Å². The lowest BCUT2D eigenvalue weighted by molar-refractivity contribution is -0.118. The molecule has 1 amide bonds. The van der Waals surface area contributed by atoms with Crippen molar-refractivity contribution in [2.45, 2.75) is 38.6 Å². The normalized spacial score (nSPS) is 28.4. The van der Waals surface area contributed by atoms with Gasteiger partial charge in [-0.1, -0.05) is 19.4 Å². The molecule has 1 saturated carbocycles. The van der Waals surface area contributed by atoms with Crippen molar-refractivity contribution in [3.8, 4) is 5.75 Å². The van der Waals surface area contributed by atoms with E-state index in [2.05, 4.69) is 17.6 Å². The molecule has 2 fully saturated rings. The van der Waals surface area contributed by atoms with Crippen LogP contribution >= 0.6 is 0 Å². The first-order valence-corrected chi connectivity index (χ1v) is 7.55. The Morgan fingerprint density at radius 2 is 2.30 bits per heavy atom. The number of hydrogen-bond donors (Lipinski definition) is 3. The molecule has 1 aromatic rings. The van der Waals surface area contributed by atoms with E-state index in [0.29, 0.717) is 17.5 Å². The van der Waals surface area contributed by atoms with Gasteiger partial charge in [0.1, 0.15) is 5.75 Å². The summed E-state index contributed by atoms with van der Waals surface area (Å²) in [6, 6.07) is 5.28. The lowest BCUT2D eigenvalue weighted by Gasteiger charge is -2.18. The topological polar surface area (TPSA) is 61.4 Å². The summed E-state index contributed by atoms with van der Waals surface area (Å²) in [6.07, 6.45) is 4.49. The highest BCUT2D eigenvalue weighted by molar-refractivity contribution is 5.96. The van der Waals surface area contributed by atoms with Gasteiger partial charge in [-0.25, -0.2) is 0 Å². The predicted molar refractivity (Wildman–Crippen MR) is 78.7 cm³/mol. The zero-order valence-electron chi connectivity index (χ0n) is 11.9. The number of hydrogen-bond acceptors (Lipinski definition) is 3. The molecule has 3 N–H and O–H groups in total. The molecule has 0 radical (unpaired) electrons. The molecule has 4 heteroatoms. The summed E-state index contributed by atoms with van der Waals surface area (Å²) in [5.74, 6) is 1.24. The van der Waals surface area contributed by atoms with E-state index in [1.807, 2.05) is 12.1 Å². The smallest absolute Gasteiger partial charge is 0.241 e. The summed E-state index contributed by atoms with van der Waals surface area (Å²) in [7, 11) is 0. The van der Waals surface area contributed by atoms with Crippen LogP contribution in [0.25, 0.3) is 0 Å². The molecular formula is C16H22N2O2. The number of phenols is 1. The van der Waals surface area contributed by atoms with E-state index in [1.165, 1.54) is 12.8 Å². The third-order valence-corrected chi connectivity index (χ3v) is 4.76. The molecule has 1 aliphatic carbocycles. The minimum absolute atomic E-state index is 0.0112. The zero-order chi connectivity index (χ0) is 14.1. The van der Waals surface area contributed by atoms with Gasteiger partial charge < -0.3 is 15.7 Å². The molecular weight excluding hydrogens is 252 g/mol. The molecule has 20 heavy (non-hydrogen) atoms. The standard InChI is InChI=1S/C16H22N2O2/c1-2-10-6-7-14(19)13(8-10)18-16(20)15-12-5-3-4-11(12)9-17-15/h6-8,11-12,15,17,19H,2-5,9H2,1H3,(H,18,20). The van der Waals surface area contributed by atoms with Gasteiger partial charge in [-0.15, -0.1) is 0 Å². The molecule has 0 spiro atoms. The van der Waals surface area contributed by atoms with Crippen LogP contribution in [0.1, 0.15) is 31.7 Å². The Morgan fingerprint density at radius 3 is 3.10 bits per heavy atom. The SMILES string of the molecule is CCc1ccc(O)c(NC(=O)C2NCC3CCCC32)c1. The van der Waals surface area contributed by atoms with Gasteiger partial charge in [0.15, 0.2) is 0 Å². The lowest BCUT2D eigenvalue weighted by Crippen LogP contribution is -2.39. The van der Waals surface area contributed by atoms with Crippen LogP contribution in [-0.2, 0) is 11.2 Å². The summed E-state index contributed by atoms with van der Waals surface area (Å²) in [6.45, 7) is 3.00. The number of fused-ring (bicyclic) bond motifs is 1. The minimum atomic E-state index is -0.104. The zero-order valence-corrected chi connectivity index (χ0v) is 11.9. The predicted octanol–water partition coefficient (Wildman–Crippen LogP) is 2.28. The number of carbonyl (C=O) groups is 1. The van der Waals surface area contributed by atoms with Crippen LogP contribution in [-0.4, -0.2) is 23.6 Å². The molecule has 3 unspecified atom stereocenters. The number of amides is 1. The van der Waals surface area contributed by atoms with Gasteiger partial charge in [-0.3, -0.25) is 4.79 Å². The van der Waals surface area contributed by atoms with Crippen LogP contribution in [0.3, 0.4) is 0 Å². The molecule has 0 bridgehead atoms. The highest BCUT2D eigenvalue weighted by atomic mass is 16.3. The number of phenolic OH excluding ortho intramolecular Hbond substituents is 1. The van der Waals surface area contributed by atoms with E-state index in [-0.39, 0.29) is 17.7 Å². The van der Waals surface area contributed by atoms with Gasteiger partial charge in [0.2, 0.25) is 5.91 Å². The van der Waals surface area contributed by atoms with Gasteiger partial charge >= 0.3 is 0 Å². The van der Waals surface area contributed by atoms with Crippen LogP contribution in [0.5, 0.6) is 5.75 Å². The number of anilines is 1. The maximum absolute atomic E-state index is 12.4. The molecule has 108 valence electrons. The van der Waals surface area contributed by atoms with Crippen LogP contribution < -0.4 is 10.6 Å². The number of benzene rings is 1. The first-order valence-electron chi connectivity index (χ1n) is 7.55. The number of nitrogens with one attached hydrogen (secondary N) is 2. The first-order chi connectivity index (χ1) is 9.69. The van der Waals surface area contributed by atoms with E-state index in [0.717, 1.165) is 24.9 Å². The average molecular weight is 274 g/mol. The third kappa shape index (κ3) is 2.40. The van der Waals surface area contributed by atoms with Crippen molar-refractivity contribution >= 4 is 11.6 Å². The fourth-order valence-electron chi connectivity index (χ4n) is 3.59. The van der Waals surface area contributed by atoms with Crippen molar-refractivity contribution in [2.75, 3.05) is 11.9 Å². The molecule has 1 aromatic carbocycles. The maximum Gasteiger partial charge on any atom is 0.241 e. The van der Waals surface area contributed by atoms with Gasteiger partial charge in [0, 0.05) is 0 Å². The van der Waals surface area contributed by atoms with Crippen molar-refractivity contribution in [3.63, 3.8) is 0 Å². The summed E-state index contributed by atoms with van der Waals surface area (Å²) in [4.78, 5) is 12.4. The second-order valence-electron chi connectivity index (χ2n) is 5.94. The second kappa shape index (κ2) is 5.44. The van der Waals surface area contributed by atoms with Crippen molar-refractivity contribution in [3.05, 3.63) is 23.8 Å². The van der Waals surface area contributed by atoms with Gasteiger partial charge in [-0.05, 0) is 55.3 Å². The first kappa shape index (κ1) is 13.4. The highest BCUT2D eigenvalue weighted by Crippen LogP contribution is 2.38. The molecule has 3 atom stereocenters. The Balaban J connectivity index is 1.73. The largest absolute Gasteiger partial charge is 0.506 e. The van der Waals surface area contributed by atoms with Crippen LogP contribution in [0.2, 0.25) is 0 Å². The van der Waals surface area contributed by atoms with E-state index in [4.69, 9.17) is 0 Å². The molecule has 3 rings (SSSR count). The third-order valence-electron chi connectivity index (χ3n) is 4.76. The average Bonchev–Trinajstić information content (AvgIpc) is 3.03. The highest BCUT2D eigenvalue weighted by Gasteiger charge is 2.42. The van der Waals surface area contributed by atoms with Gasteiger partial charge in [0.25, 0.3) is 0 Å². The van der Waals surface area contributed by atoms with Crippen LogP contribution in [0.4, 0.5) is 5.69 Å². The second-order valence-corrected chi connectivity index (χ2v) is 5.94. The lowest BCUT2D eigenvalue weighted by atomic mass is 9.93. The molecule has 1 heterocycles. The Hall–Kier alpha value is -1.55. The Bertz CT molecular complexity index is 515. The Labute approximate surface area is 119 Å². The monoisotopic (exact) mass is 274 g/mol. The molecule has 2 aliphatic rings. The van der Waals surface area contributed by atoms with E-state index < -0.39 is 0 Å². The molecule has 4 nitrogen and oxygen atoms in total. The van der Waals surface area contributed by atoms with Crippen molar-refractivity contribution in [1.29, 1.82) is 0 Å². The van der Waals surface area contributed by atoms with Crippen molar-refractivity contribution < 1.29 is 9.90 Å². The Morgan fingerprint density at radius 1 is 1.45 bits per heavy atom. The molecule has 0 aromatic heterocycles.